The maximum atomic E-state index is 5.95. The molecule has 0 heterocycles. The largest absolute Gasteiger partial charge is 0.329 e. The van der Waals surface area contributed by atoms with Crippen molar-refractivity contribution in [3.05, 3.63) is 71.8 Å². The molecule has 0 saturated carbocycles. The number of benzene rings is 2. The van der Waals surface area contributed by atoms with Gasteiger partial charge in [-0.3, -0.25) is 4.90 Å². The highest BCUT2D eigenvalue weighted by atomic mass is 15.2. The molecular formula is C18H24N2. The zero-order chi connectivity index (χ0) is 14.2. The molecule has 106 valence electrons. The van der Waals surface area contributed by atoms with E-state index in [1.165, 1.54) is 11.1 Å². The molecule has 0 amide bonds. The van der Waals surface area contributed by atoms with Crippen LogP contribution in [-0.2, 0) is 13.1 Å². The summed E-state index contributed by atoms with van der Waals surface area (Å²) in [4.78, 5) is 2.48. The molecule has 0 spiro atoms. The third-order valence-electron chi connectivity index (χ3n) is 3.72. The maximum Gasteiger partial charge on any atom is 0.0240 e. The number of hydrogen-bond donors (Lipinski definition) is 1. The van der Waals surface area contributed by atoms with E-state index in [1.807, 2.05) is 0 Å². The molecule has 0 bridgehead atoms. The third-order valence-corrected chi connectivity index (χ3v) is 3.72. The molecule has 0 saturated heterocycles. The van der Waals surface area contributed by atoms with Crippen molar-refractivity contribution in [1.29, 1.82) is 0 Å². The Kier molecular flexibility index (Phi) is 5.78. The van der Waals surface area contributed by atoms with Gasteiger partial charge in [0, 0.05) is 25.7 Å². The Bertz CT molecular complexity index is 436. The molecule has 0 aliphatic carbocycles. The van der Waals surface area contributed by atoms with Gasteiger partial charge in [-0.2, -0.15) is 0 Å². The van der Waals surface area contributed by atoms with Crippen LogP contribution in [0.4, 0.5) is 0 Å². The molecule has 2 aromatic rings. The summed E-state index contributed by atoms with van der Waals surface area (Å²) >= 11 is 0. The summed E-state index contributed by atoms with van der Waals surface area (Å²) in [6, 6.07) is 21.7. The van der Waals surface area contributed by atoms with Gasteiger partial charge in [-0.25, -0.2) is 0 Å². The van der Waals surface area contributed by atoms with Crippen molar-refractivity contribution in [2.45, 2.75) is 32.5 Å². The molecule has 0 aliphatic heterocycles. The highest BCUT2D eigenvalue weighted by Crippen LogP contribution is 2.14. The summed E-state index contributed by atoms with van der Waals surface area (Å²) in [7, 11) is 0. The predicted molar refractivity (Wildman–Crippen MR) is 85.3 cm³/mol. The molecule has 2 aromatic carbocycles. The van der Waals surface area contributed by atoms with Gasteiger partial charge in [-0.1, -0.05) is 67.6 Å². The first-order chi connectivity index (χ1) is 9.83. The van der Waals surface area contributed by atoms with Crippen LogP contribution in [0.25, 0.3) is 0 Å². The van der Waals surface area contributed by atoms with E-state index in [1.54, 1.807) is 0 Å². The molecule has 0 radical (unpaired) electrons. The van der Waals surface area contributed by atoms with Crippen LogP contribution in [0.1, 0.15) is 24.5 Å². The fourth-order valence-corrected chi connectivity index (χ4v) is 2.52. The Morgan fingerprint density at radius 2 is 1.30 bits per heavy atom. The summed E-state index contributed by atoms with van der Waals surface area (Å²) in [5, 5.41) is 0. The fraction of sp³-hybridized carbons (Fsp3) is 0.333. The van der Waals surface area contributed by atoms with Crippen molar-refractivity contribution in [1.82, 2.24) is 4.90 Å². The van der Waals surface area contributed by atoms with Crippen LogP contribution >= 0.6 is 0 Å². The van der Waals surface area contributed by atoms with Crippen molar-refractivity contribution >= 4 is 0 Å². The Hall–Kier alpha value is -1.64. The average molecular weight is 268 g/mol. The molecule has 2 rings (SSSR count). The maximum absolute atomic E-state index is 5.95. The average Bonchev–Trinajstić information content (AvgIpc) is 2.50. The van der Waals surface area contributed by atoms with Crippen molar-refractivity contribution in [3.63, 3.8) is 0 Å². The number of nitrogens with two attached hydrogens (primary N) is 1. The second-order valence-corrected chi connectivity index (χ2v) is 5.17. The number of hydrogen-bond acceptors (Lipinski definition) is 2. The SMILES string of the molecule is CCC(CN)N(Cc1ccccc1)Cc1ccccc1. The van der Waals surface area contributed by atoms with E-state index < -0.39 is 0 Å². The molecule has 2 nitrogen and oxygen atoms in total. The van der Waals surface area contributed by atoms with Gasteiger partial charge in [-0.15, -0.1) is 0 Å². The summed E-state index contributed by atoms with van der Waals surface area (Å²) in [6.45, 7) is 4.81. The first-order valence-electron chi connectivity index (χ1n) is 7.35. The standard InChI is InChI=1S/C18H24N2/c1-2-18(13-19)20(14-16-9-5-3-6-10-16)15-17-11-7-4-8-12-17/h3-12,18H,2,13-15,19H2,1H3. The zero-order valence-electron chi connectivity index (χ0n) is 12.2. The fourth-order valence-electron chi connectivity index (χ4n) is 2.52. The topological polar surface area (TPSA) is 29.3 Å². The van der Waals surface area contributed by atoms with Gasteiger partial charge in [0.2, 0.25) is 0 Å². The minimum absolute atomic E-state index is 0.426. The highest BCUT2D eigenvalue weighted by molar-refractivity contribution is 5.17. The molecule has 1 unspecified atom stereocenters. The molecule has 2 N–H and O–H groups in total. The Labute approximate surface area is 122 Å². The van der Waals surface area contributed by atoms with Crippen LogP contribution in [-0.4, -0.2) is 17.5 Å². The normalized spacial score (nSPS) is 12.6. The first-order valence-corrected chi connectivity index (χ1v) is 7.35. The lowest BCUT2D eigenvalue weighted by atomic mass is 10.1. The van der Waals surface area contributed by atoms with Crippen molar-refractivity contribution in [2.24, 2.45) is 5.73 Å². The van der Waals surface area contributed by atoms with Gasteiger partial charge in [0.05, 0.1) is 0 Å². The van der Waals surface area contributed by atoms with Crippen molar-refractivity contribution in [2.75, 3.05) is 6.54 Å². The molecule has 1 atom stereocenters. The van der Waals surface area contributed by atoms with Crippen LogP contribution < -0.4 is 5.73 Å². The summed E-state index contributed by atoms with van der Waals surface area (Å²) in [6.07, 6.45) is 1.08. The van der Waals surface area contributed by atoms with E-state index in [4.69, 9.17) is 5.73 Å². The van der Waals surface area contributed by atoms with E-state index in [9.17, 15) is 0 Å². The van der Waals surface area contributed by atoms with Gasteiger partial charge in [0.15, 0.2) is 0 Å². The summed E-state index contributed by atoms with van der Waals surface area (Å²) in [5.74, 6) is 0. The zero-order valence-corrected chi connectivity index (χ0v) is 12.2. The second kappa shape index (κ2) is 7.83. The van der Waals surface area contributed by atoms with Gasteiger partial charge in [0.1, 0.15) is 0 Å². The molecule has 20 heavy (non-hydrogen) atoms. The molecular weight excluding hydrogens is 244 g/mol. The monoisotopic (exact) mass is 268 g/mol. The molecule has 2 heteroatoms. The Balaban J connectivity index is 2.12. The smallest absolute Gasteiger partial charge is 0.0240 e. The van der Waals surface area contributed by atoms with E-state index in [-0.39, 0.29) is 0 Å². The molecule has 0 aromatic heterocycles. The lowest BCUT2D eigenvalue weighted by Crippen LogP contribution is -2.39. The summed E-state index contributed by atoms with van der Waals surface area (Å²) in [5.41, 5.74) is 8.64. The molecule has 0 fully saturated rings. The van der Waals surface area contributed by atoms with E-state index >= 15 is 0 Å². The first kappa shape index (κ1) is 14.8. The van der Waals surface area contributed by atoms with Gasteiger partial charge < -0.3 is 5.73 Å². The third kappa shape index (κ3) is 4.19. The van der Waals surface area contributed by atoms with E-state index in [0.717, 1.165) is 19.5 Å². The van der Waals surface area contributed by atoms with Crippen molar-refractivity contribution in [3.8, 4) is 0 Å². The lowest BCUT2D eigenvalue weighted by molar-refractivity contribution is 0.177. The van der Waals surface area contributed by atoms with Crippen molar-refractivity contribution < 1.29 is 0 Å². The highest BCUT2D eigenvalue weighted by Gasteiger charge is 2.16. The predicted octanol–water partition coefficient (Wildman–Crippen LogP) is 3.43. The minimum atomic E-state index is 0.426. The van der Waals surface area contributed by atoms with Gasteiger partial charge in [-0.05, 0) is 17.5 Å². The quantitative estimate of drug-likeness (QED) is 0.833. The Morgan fingerprint density at radius 3 is 1.65 bits per heavy atom. The molecule has 0 aliphatic rings. The number of rotatable bonds is 7. The second-order valence-electron chi connectivity index (χ2n) is 5.17. The minimum Gasteiger partial charge on any atom is -0.329 e. The Morgan fingerprint density at radius 1 is 0.850 bits per heavy atom. The van der Waals surface area contributed by atoms with Crippen LogP contribution in [0.5, 0.6) is 0 Å². The van der Waals surface area contributed by atoms with E-state index in [0.29, 0.717) is 12.6 Å². The van der Waals surface area contributed by atoms with E-state index in [2.05, 4.69) is 72.5 Å². The van der Waals surface area contributed by atoms with Gasteiger partial charge >= 0.3 is 0 Å². The number of nitrogens with zero attached hydrogens (tertiary/aromatic N) is 1. The van der Waals surface area contributed by atoms with Crippen LogP contribution in [0.3, 0.4) is 0 Å². The van der Waals surface area contributed by atoms with Crippen LogP contribution in [0.15, 0.2) is 60.7 Å². The van der Waals surface area contributed by atoms with Gasteiger partial charge in [0.25, 0.3) is 0 Å². The lowest BCUT2D eigenvalue weighted by Gasteiger charge is -2.30. The van der Waals surface area contributed by atoms with Crippen LogP contribution in [0.2, 0.25) is 0 Å². The van der Waals surface area contributed by atoms with Crippen LogP contribution in [0, 0.1) is 0 Å². The summed E-state index contributed by atoms with van der Waals surface area (Å²) < 4.78 is 0.